The van der Waals surface area contributed by atoms with Gasteiger partial charge in [-0.1, -0.05) is 20.8 Å². The molecule has 2 amide bonds. The van der Waals surface area contributed by atoms with Crippen LogP contribution in [0.25, 0.3) is 0 Å². The number of carboxylic acid groups (broad SMARTS) is 1. The minimum atomic E-state index is -1.05. The number of carbonyl (C=O) groups excluding carboxylic acids is 1. The fourth-order valence-electron chi connectivity index (χ4n) is 4.20. The van der Waals surface area contributed by atoms with E-state index in [0.717, 1.165) is 12.8 Å². The van der Waals surface area contributed by atoms with E-state index in [9.17, 15) is 14.7 Å². The summed E-state index contributed by atoms with van der Waals surface area (Å²) >= 11 is 0. The van der Waals surface area contributed by atoms with Crippen molar-refractivity contribution in [2.75, 3.05) is 13.1 Å². The molecule has 2 aliphatic rings. The lowest BCUT2D eigenvalue weighted by Gasteiger charge is -2.50. The number of urea groups is 1. The van der Waals surface area contributed by atoms with E-state index in [1.54, 1.807) is 23.4 Å². The summed E-state index contributed by atoms with van der Waals surface area (Å²) in [6.45, 7) is 8.31. The maximum absolute atomic E-state index is 12.6. The molecule has 3 atom stereocenters. The summed E-state index contributed by atoms with van der Waals surface area (Å²) in [7, 11) is 0. The standard InChI is InChI=1S/C17H26N4O3/c1-16(2)12-5-6-17(16,3)11-20(9-12)15(24)19-13(14(22)23)10-21-8-4-7-18-21/h4,7-8,12-13H,5-6,9-11H2,1-3H3,(H,19,24)(H,22,23)/t12-,13?,17+/m1/s1. The van der Waals surface area contributed by atoms with Crippen molar-refractivity contribution in [1.82, 2.24) is 20.0 Å². The minimum Gasteiger partial charge on any atom is -0.480 e. The molecule has 1 saturated heterocycles. The lowest BCUT2D eigenvalue weighted by molar-refractivity contribution is -0.139. The first-order chi connectivity index (χ1) is 11.2. The molecule has 24 heavy (non-hydrogen) atoms. The Labute approximate surface area is 142 Å². The number of piperidine rings is 1. The minimum absolute atomic E-state index is 0.0912. The van der Waals surface area contributed by atoms with Gasteiger partial charge in [-0.05, 0) is 35.7 Å². The van der Waals surface area contributed by atoms with Crippen molar-refractivity contribution in [3.63, 3.8) is 0 Å². The molecular formula is C17H26N4O3. The van der Waals surface area contributed by atoms with Crippen LogP contribution in [0.1, 0.15) is 33.6 Å². The molecule has 1 aliphatic carbocycles. The highest BCUT2D eigenvalue weighted by Gasteiger charge is 2.56. The van der Waals surface area contributed by atoms with E-state index in [-0.39, 0.29) is 23.4 Å². The third-order valence-electron chi connectivity index (χ3n) is 6.41. The Balaban J connectivity index is 1.67. The average molecular weight is 334 g/mol. The summed E-state index contributed by atoms with van der Waals surface area (Å²) in [5.41, 5.74) is 0.305. The Morgan fingerprint density at radius 3 is 2.75 bits per heavy atom. The first-order valence-corrected chi connectivity index (χ1v) is 8.49. The molecule has 2 bridgehead atoms. The number of carbonyl (C=O) groups is 2. The van der Waals surface area contributed by atoms with Crippen molar-refractivity contribution in [3.8, 4) is 0 Å². The van der Waals surface area contributed by atoms with Gasteiger partial charge in [-0.2, -0.15) is 5.10 Å². The van der Waals surface area contributed by atoms with Gasteiger partial charge in [0.05, 0.1) is 6.54 Å². The van der Waals surface area contributed by atoms with E-state index in [0.29, 0.717) is 19.0 Å². The van der Waals surface area contributed by atoms with Gasteiger partial charge < -0.3 is 15.3 Å². The number of nitrogens with one attached hydrogen (secondary N) is 1. The lowest BCUT2D eigenvalue weighted by atomic mass is 9.63. The molecule has 1 aromatic heterocycles. The van der Waals surface area contributed by atoms with Crippen LogP contribution >= 0.6 is 0 Å². The highest BCUT2D eigenvalue weighted by molar-refractivity contribution is 5.82. The van der Waals surface area contributed by atoms with Gasteiger partial charge in [0.1, 0.15) is 6.04 Å². The van der Waals surface area contributed by atoms with Crippen LogP contribution in [0.15, 0.2) is 18.5 Å². The molecule has 0 radical (unpaired) electrons. The second kappa shape index (κ2) is 5.79. The number of rotatable bonds is 4. The zero-order chi connectivity index (χ0) is 17.5. The van der Waals surface area contributed by atoms with E-state index in [2.05, 4.69) is 31.2 Å². The highest BCUT2D eigenvalue weighted by Crippen LogP contribution is 2.58. The molecule has 132 valence electrons. The van der Waals surface area contributed by atoms with Gasteiger partial charge in [-0.15, -0.1) is 0 Å². The number of hydrogen-bond acceptors (Lipinski definition) is 3. The van der Waals surface area contributed by atoms with E-state index >= 15 is 0 Å². The summed E-state index contributed by atoms with van der Waals surface area (Å²) in [6.07, 6.45) is 5.52. The summed E-state index contributed by atoms with van der Waals surface area (Å²) in [6, 6.07) is 0.451. The van der Waals surface area contributed by atoms with Crippen LogP contribution in [0.3, 0.4) is 0 Å². The number of amides is 2. The van der Waals surface area contributed by atoms with Crippen molar-refractivity contribution in [3.05, 3.63) is 18.5 Å². The molecule has 0 spiro atoms. The van der Waals surface area contributed by atoms with Gasteiger partial charge >= 0.3 is 12.0 Å². The Kier molecular flexibility index (Phi) is 4.05. The SMILES string of the molecule is CC1(C)[C@@H]2CC[C@@]1(C)CN(C(=O)NC(Cn1cccn1)C(=O)O)C2. The fraction of sp³-hybridized carbons (Fsp3) is 0.706. The quantitative estimate of drug-likeness (QED) is 0.879. The molecule has 1 aliphatic heterocycles. The Morgan fingerprint density at radius 2 is 2.17 bits per heavy atom. The largest absolute Gasteiger partial charge is 0.480 e. The van der Waals surface area contributed by atoms with Crippen LogP contribution in [0, 0.1) is 16.7 Å². The third-order valence-corrected chi connectivity index (χ3v) is 6.41. The summed E-state index contributed by atoms with van der Waals surface area (Å²) in [4.78, 5) is 25.9. The fourth-order valence-corrected chi connectivity index (χ4v) is 4.20. The lowest BCUT2D eigenvalue weighted by Crippen LogP contribution is -2.58. The van der Waals surface area contributed by atoms with Crippen LogP contribution in [-0.2, 0) is 11.3 Å². The Morgan fingerprint density at radius 1 is 1.42 bits per heavy atom. The average Bonchev–Trinajstić information content (AvgIpc) is 3.01. The zero-order valence-electron chi connectivity index (χ0n) is 14.5. The van der Waals surface area contributed by atoms with Gasteiger partial charge in [0.2, 0.25) is 0 Å². The van der Waals surface area contributed by atoms with Crippen molar-refractivity contribution in [2.45, 2.75) is 46.2 Å². The van der Waals surface area contributed by atoms with Crippen LogP contribution in [0.4, 0.5) is 4.79 Å². The highest BCUT2D eigenvalue weighted by atomic mass is 16.4. The number of nitrogens with zero attached hydrogens (tertiary/aromatic N) is 3. The van der Waals surface area contributed by atoms with Crippen LogP contribution in [0.5, 0.6) is 0 Å². The number of hydrogen-bond donors (Lipinski definition) is 2. The predicted octanol–water partition coefficient (Wildman–Crippen LogP) is 1.80. The number of aromatic nitrogens is 2. The van der Waals surface area contributed by atoms with Gasteiger partial charge in [0, 0.05) is 25.5 Å². The van der Waals surface area contributed by atoms with Crippen LogP contribution < -0.4 is 5.32 Å². The van der Waals surface area contributed by atoms with Gasteiger partial charge in [0.25, 0.3) is 0 Å². The Bertz CT molecular complexity index is 628. The number of fused-ring (bicyclic) bond motifs is 2. The van der Waals surface area contributed by atoms with Gasteiger partial charge in [-0.25, -0.2) is 9.59 Å². The van der Waals surface area contributed by atoms with Gasteiger partial charge in [-0.3, -0.25) is 4.68 Å². The van der Waals surface area contributed by atoms with Crippen LogP contribution in [0.2, 0.25) is 0 Å². The molecule has 3 rings (SSSR count). The molecular weight excluding hydrogens is 308 g/mol. The molecule has 0 aromatic carbocycles. The zero-order valence-corrected chi connectivity index (χ0v) is 14.5. The topological polar surface area (TPSA) is 87.5 Å². The molecule has 2 heterocycles. The first kappa shape index (κ1) is 16.8. The molecule has 1 aromatic rings. The van der Waals surface area contributed by atoms with E-state index in [1.807, 2.05) is 0 Å². The maximum Gasteiger partial charge on any atom is 0.328 e. The maximum atomic E-state index is 12.6. The summed E-state index contributed by atoms with van der Waals surface area (Å²) in [5.74, 6) is -0.582. The summed E-state index contributed by atoms with van der Waals surface area (Å²) < 4.78 is 1.52. The van der Waals surface area contributed by atoms with Crippen molar-refractivity contribution < 1.29 is 14.7 Å². The van der Waals surface area contributed by atoms with Crippen molar-refractivity contribution >= 4 is 12.0 Å². The van der Waals surface area contributed by atoms with E-state index < -0.39 is 12.0 Å². The normalized spacial score (nSPS) is 29.3. The van der Waals surface area contributed by atoms with Gasteiger partial charge in [0.15, 0.2) is 0 Å². The number of carboxylic acids is 1. The molecule has 7 heteroatoms. The molecule has 1 saturated carbocycles. The van der Waals surface area contributed by atoms with E-state index in [4.69, 9.17) is 0 Å². The van der Waals surface area contributed by atoms with Crippen molar-refractivity contribution in [1.29, 1.82) is 0 Å². The molecule has 1 unspecified atom stereocenters. The monoisotopic (exact) mass is 334 g/mol. The second-order valence-electron chi connectivity index (χ2n) is 7.97. The van der Waals surface area contributed by atoms with E-state index in [1.165, 1.54) is 4.68 Å². The number of aliphatic carboxylic acids is 1. The summed E-state index contributed by atoms with van der Waals surface area (Å²) in [5, 5.41) is 16.1. The molecule has 2 N–H and O–H groups in total. The molecule has 7 nitrogen and oxygen atoms in total. The van der Waals surface area contributed by atoms with Crippen molar-refractivity contribution in [2.24, 2.45) is 16.7 Å². The Hall–Kier alpha value is -2.05. The first-order valence-electron chi connectivity index (χ1n) is 8.49. The van der Waals surface area contributed by atoms with Crippen LogP contribution in [-0.4, -0.2) is 50.9 Å². The third kappa shape index (κ3) is 2.76. The smallest absolute Gasteiger partial charge is 0.328 e. The predicted molar refractivity (Wildman–Crippen MR) is 88.4 cm³/mol. The molecule has 2 fully saturated rings. The number of likely N-dealkylation sites (tertiary alicyclic amines) is 1. The second-order valence-corrected chi connectivity index (χ2v) is 7.97.